The Morgan fingerprint density at radius 2 is 2.00 bits per heavy atom. The second-order valence-corrected chi connectivity index (χ2v) is 7.14. The third kappa shape index (κ3) is 3.09. The summed E-state index contributed by atoms with van der Waals surface area (Å²) in [6.07, 6.45) is 9.24. The van der Waals surface area contributed by atoms with Crippen LogP contribution in [0.3, 0.4) is 0 Å². The van der Waals surface area contributed by atoms with Gasteiger partial charge in [0.05, 0.1) is 18.5 Å². The lowest BCUT2D eigenvalue weighted by molar-refractivity contribution is 0.0448. The standard InChI is InChI=1S/C16H28O2/c1-15(2,3)13-6-4-9-16(17,10-8-13)14-7-5-11-18-12-14/h12-13,17H,4-11H2,1-3H3. The van der Waals surface area contributed by atoms with Crippen molar-refractivity contribution in [3.63, 3.8) is 0 Å². The highest BCUT2D eigenvalue weighted by Gasteiger charge is 2.37. The molecule has 1 saturated carbocycles. The van der Waals surface area contributed by atoms with Gasteiger partial charge in [0.25, 0.3) is 0 Å². The Morgan fingerprint density at radius 3 is 2.61 bits per heavy atom. The second kappa shape index (κ2) is 5.24. The summed E-state index contributed by atoms with van der Waals surface area (Å²) in [5.41, 5.74) is 0.923. The summed E-state index contributed by atoms with van der Waals surface area (Å²) in [5, 5.41) is 10.9. The highest BCUT2D eigenvalue weighted by atomic mass is 16.5. The predicted molar refractivity (Wildman–Crippen MR) is 74.2 cm³/mol. The van der Waals surface area contributed by atoms with Crippen LogP contribution >= 0.6 is 0 Å². The van der Waals surface area contributed by atoms with E-state index in [2.05, 4.69) is 20.8 Å². The maximum atomic E-state index is 10.9. The Morgan fingerprint density at radius 1 is 1.22 bits per heavy atom. The lowest BCUT2D eigenvalue weighted by Gasteiger charge is -2.33. The average molecular weight is 252 g/mol. The van der Waals surface area contributed by atoms with Gasteiger partial charge in [-0.25, -0.2) is 0 Å². The number of hydrogen-bond acceptors (Lipinski definition) is 2. The van der Waals surface area contributed by atoms with E-state index in [0.29, 0.717) is 5.41 Å². The van der Waals surface area contributed by atoms with E-state index in [1.54, 1.807) is 0 Å². The van der Waals surface area contributed by atoms with Crippen molar-refractivity contribution in [1.82, 2.24) is 0 Å². The zero-order valence-corrected chi connectivity index (χ0v) is 12.2. The van der Waals surface area contributed by atoms with Crippen LogP contribution in [0.15, 0.2) is 11.8 Å². The van der Waals surface area contributed by atoms with Crippen LogP contribution in [0.1, 0.15) is 65.7 Å². The first-order chi connectivity index (χ1) is 8.42. The van der Waals surface area contributed by atoms with Crippen molar-refractivity contribution in [3.05, 3.63) is 11.8 Å². The topological polar surface area (TPSA) is 29.5 Å². The molecule has 0 spiro atoms. The fourth-order valence-corrected chi connectivity index (χ4v) is 3.42. The highest BCUT2D eigenvalue weighted by Crippen LogP contribution is 2.43. The first-order valence-corrected chi connectivity index (χ1v) is 7.45. The fourth-order valence-electron chi connectivity index (χ4n) is 3.42. The Hall–Kier alpha value is -0.500. The molecule has 1 N–H and O–H groups in total. The van der Waals surface area contributed by atoms with E-state index in [9.17, 15) is 5.11 Å². The molecule has 2 rings (SSSR count). The van der Waals surface area contributed by atoms with E-state index in [1.165, 1.54) is 6.42 Å². The van der Waals surface area contributed by atoms with Gasteiger partial charge >= 0.3 is 0 Å². The van der Waals surface area contributed by atoms with Gasteiger partial charge in [0.1, 0.15) is 0 Å². The number of hydrogen-bond donors (Lipinski definition) is 1. The summed E-state index contributed by atoms with van der Waals surface area (Å²) in [7, 11) is 0. The van der Waals surface area contributed by atoms with E-state index in [-0.39, 0.29) is 0 Å². The minimum Gasteiger partial charge on any atom is -0.501 e. The molecular weight excluding hydrogens is 224 g/mol. The van der Waals surface area contributed by atoms with Crippen LogP contribution < -0.4 is 0 Å². The average Bonchev–Trinajstić information content (AvgIpc) is 2.53. The molecule has 0 amide bonds. The SMILES string of the molecule is CC(C)(C)C1CCCC(O)(C2=COCCC2)CC1. The van der Waals surface area contributed by atoms with E-state index in [1.807, 2.05) is 6.26 Å². The molecule has 1 aliphatic heterocycles. The van der Waals surface area contributed by atoms with Gasteiger partial charge in [-0.3, -0.25) is 0 Å². The Bertz CT molecular complexity index is 314. The largest absolute Gasteiger partial charge is 0.501 e. The summed E-state index contributed by atoms with van der Waals surface area (Å²) >= 11 is 0. The molecule has 18 heavy (non-hydrogen) atoms. The van der Waals surface area contributed by atoms with Crippen LogP contribution in [-0.4, -0.2) is 17.3 Å². The third-order valence-electron chi connectivity index (χ3n) is 4.81. The van der Waals surface area contributed by atoms with E-state index in [4.69, 9.17) is 4.74 Å². The molecule has 0 radical (unpaired) electrons. The summed E-state index contributed by atoms with van der Waals surface area (Å²) in [4.78, 5) is 0. The molecule has 2 nitrogen and oxygen atoms in total. The second-order valence-electron chi connectivity index (χ2n) is 7.14. The van der Waals surface area contributed by atoms with Crippen LogP contribution in [-0.2, 0) is 4.74 Å². The minimum absolute atomic E-state index is 0.364. The summed E-state index contributed by atoms with van der Waals surface area (Å²) in [6, 6.07) is 0. The van der Waals surface area contributed by atoms with Gasteiger partial charge in [-0.05, 0) is 61.9 Å². The molecule has 104 valence electrons. The molecule has 0 bridgehead atoms. The Kier molecular flexibility index (Phi) is 4.05. The van der Waals surface area contributed by atoms with Crippen molar-refractivity contribution >= 4 is 0 Å². The lowest BCUT2D eigenvalue weighted by atomic mass is 9.76. The number of rotatable bonds is 1. The van der Waals surface area contributed by atoms with Crippen LogP contribution in [0.2, 0.25) is 0 Å². The molecule has 2 aliphatic rings. The van der Waals surface area contributed by atoms with Crippen LogP contribution in [0, 0.1) is 11.3 Å². The molecule has 2 heteroatoms. The maximum absolute atomic E-state index is 10.9. The van der Waals surface area contributed by atoms with Gasteiger partial charge in [-0.1, -0.05) is 20.8 Å². The quantitative estimate of drug-likeness (QED) is 0.714. The molecule has 1 fully saturated rings. The minimum atomic E-state index is -0.583. The van der Waals surface area contributed by atoms with Gasteiger partial charge in [-0.15, -0.1) is 0 Å². The first kappa shape index (κ1) is 13.9. The van der Waals surface area contributed by atoms with Crippen molar-refractivity contribution in [2.45, 2.75) is 71.3 Å². The van der Waals surface area contributed by atoms with Gasteiger partial charge < -0.3 is 9.84 Å². The van der Waals surface area contributed by atoms with Crippen molar-refractivity contribution in [1.29, 1.82) is 0 Å². The highest BCUT2D eigenvalue weighted by molar-refractivity contribution is 5.16. The molecule has 0 aromatic heterocycles. The van der Waals surface area contributed by atoms with Gasteiger partial charge in [0.15, 0.2) is 0 Å². The smallest absolute Gasteiger partial charge is 0.0889 e. The van der Waals surface area contributed by atoms with Crippen molar-refractivity contribution < 1.29 is 9.84 Å². The molecule has 0 aromatic carbocycles. The van der Waals surface area contributed by atoms with Gasteiger partial charge in [0.2, 0.25) is 0 Å². The molecular formula is C16H28O2. The summed E-state index contributed by atoms with van der Waals surface area (Å²) in [5.74, 6) is 0.733. The summed E-state index contributed by atoms with van der Waals surface area (Å²) in [6.45, 7) is 7.78. The molecule has 2 atom stereocenters. The molecule has 2 unspecified atom stereocenters. The molecule has 1 heterocycles. The molecule has 0 aromatic rings. The lowest BCUT2D eigenvalue weighted by Crippen LogP contribution is -2.32. The zero-order valence-electron chi connectivity index (χ0n) is 12.2. The fraction of sp³-hybridized carbons (Fsp3) is 0.875. The summed E-state index contributed by atoms with van der Waals surface area (Å²) < 4.78 is 5.41. The van der Waals surface area contributed by atoms with Crippen molar-refractivity contribution in [2.75, 3.05) is 6.61 Å². The number of ether oxygens (including phenoxy) is 1. The molecule has 1 aliphatic carbocycles. The van der Waals surface area contributed by atoms with E-state index in [0.717, 1.165) is 56.6 Å². The predicted octanol–water partition coefficient (Wildman–Crippen LogP) is 4.04. The van der Waals surface area contributed by atoms with Gasteiger partial charge in [0, 0.05) is 0 Å². The third-order valence-corrected chi connectivity index (χ3v) is 4.81. The van der Waals surface area contributed by atoms with Crippen LogP contribution in [0.25, 0.3) is 0 Å². The van der Waals surface area contributed by atoms with E-state index < -0.39 is 5.60 Å². The number of aliphatic hydroxyl groups is 1. The maximum Gasteiger partial charge on any atom is 0.0889 e. The van der Waals surface area contributed by atoms with Gasteiger partial charge in [-0.2, -0.15) is 0 Å². The van der Waals surface area contributed by atoms with Crippen LogP contribution in [0.5, 0.6) is 0 Å². The zero-order chi connectivity index (χ0) is 13.2. The molecule has 0 saturated heterocycles. The van der Waals surface area contributed by atoms with Crippen molar-refractivity contribution in [2.24, 2.45) is 11.3 Å². The van der Waals surface area contributed by atoms with Crippen LogP contribution in [0.4, 0.5) is 0 Å². The Balaban J connectivity index is 2.05. The Labute approximate surface area is 111 Å². The normalized spacial score (nSPS) is 34.4. The van der Waals surface area contributed by atoms with Crippen molar-refractivity contribution in [3.8, 4) is 0 Å². The monoisotopic (exact) mass is 252 g/mol. The first-order valence-electron chi connectivity index (χ1n) is 7.45. The van der Waals surface area contributed by atoms with E-state index >= 15 is 0 Å².